The second-order valence-corrected chi connectivity index (χ2v) is 3.72. The van der Waals surface area contributed by atoms with Crippen LogP contribution in [0.5, 0.6) is 0 Å². The maximum Gasteiger partial charge on any atom is 0.147 e. The molecule has 0 spiro atoms. The summed E-state index contributed by atoms with van der Waals surface area (Å²) in [5, 5.41) is 7.77. The standard InChI is InChI=1S/C11H21N3/c1-4-6-8-12-11-7-9-14(13-11)10(3)5-2/h7,9-10H,4-6,8H2,1-3H3,(H,12,13)/t10-/m1/s1. The Kier molecular flexibility index (Phi) is 4.50. The van der Waals surface area contributed by atoms with E-state index in [1.165, 1.54) is 12.8 Å². The lowest BCUT2D eigenvalue weighted by Gasteiger charge is -2.08. The van der Waals surface area contributed by atoms with E-state index in [1.54, 1.807) is 0 Å². The van der Waals surface area contributed by atoms with Gasteiger partial charge in [0.2, 0.25) is 0 Å². The Morgan fingerprint density at radius 2 is 2.29 bits per heavy atom. The Morgan fingerprint density at radius 3 is 2.93 bits per heavy atom. The summed E-state index contributed by atoms with van der Waals surface area (Å²) in [6, 6.07) is 2.54. The second kappa shape index (κ2) is 5.68. The van der Waals surface area contributed by atoms with Crippen LogP contribution in [0, 0.1) is 0 Å². The van der Waals surface area contributed by atoms with Crippen LogP contribution >= 0.6 is 0 Å². The molecule has 0 fully saturated rings. The van der Waals surface area contributed by atoms with Crippen LogP contribution < -0.4 is 5.32 Å². The minimum absolute atomic E-state index is 0.497. The zero-order valence-electron chi connectivity index (χ0n) is 9.45. The third kappa shape index (κ3) is 3.05. The van der Waals surface area contributed by atoms with Gasteiger partial charge in [-0.2, -0.15) is 5.10 Å². The van der Waals surface area contributed by atoms with E-state index in [1.807, 2.05) is 16.9 Å². The summed E-state index contributed by atoms with van der Waals surface area (Å²) in [5.41, 5.74) is 0. The van der Waals surface area contributed by atoms with Crippen LogP contribution in [0.2, 0.25) is 0 Å². The summed E-state index contributed by atoms with van der Waals surface area (Å²) >= 11 is 0. The highest BCUT2D eigenvalue weighted by Crippen LogP contribution is 2.11. The van der Waals surface area contributed by atoms with Gasteiger partial charge in [0.15, 0.2) is 0 Å². The number of nitrogens with zero attached hydrogens (tertiary/aromatic N) is 2. The molecule has 1 atom stereocenters. The average Bonchev–Trinajstić information content (AvgIpc) is 2.66. The molecule has 14 heavy (non-hydrogen) atoms. The Hall–Kier alpha value is -0.990. The molecule has 1 aromatic rings. The van der Waals surface area contributed by atoms with Gasteiger partial charge in [-0.25, -0.2) is 0 Å². The molecular weight excluding hydrogens is 174 g/mol. The number of unbranched alkanes of at least 4 members (excludes halogenated alkanes) is 1. The Labute approximate surface area is 86.5 Å². The van der Waals surface area contributed by atoms with Crippen molar-refractivity contribution in [2.75, 3.05) is 11.9 Å². The average molecular weight is 195 g/mol. The number of hydrogen-bond acceptors (Lipinski definition) is 2. The van der Waals surface area contributed by atoms with Gasteiger partial charge in [-0.1, -0.05) is 20.3 Å². The van der Waals surface area contributed by atoms with Gasteiger partial charge < -0.3 is 5.32 Å². The first-order valence-electron chi connectivity index (χ1n) is 5.57. The van der Waals surface area contributed by atoms with Crippen molar-refractivity contribution in [2.24, 2.45) is 0 Å². The minimum Gasteiger partial charge on any atom is -0.369 e. The predicted octanol–water partition coefficient (Wildman–Crippen LogP) is 3.07. The van der Waals surface area contributed by atoms with E-state index in [0.717, 1.165) is 18.8 Å². The lowest BCUT2D eigenvalue weighted by atomic mass is 10.3. The molecule has 0 amide bonds. The van der Waals surface area contributed by atoms with Crippen molar-refractivity contribution < 1.29 is 0 Å². The predicted molar refractivity (Wildman–Crippen MR) is 60.6 cm³/mol. The summed E-state index contributed by atoms with van der Waals surface area (Å²) in [4.78, 5) is 0. The monoisotopic (exact) mass is 195 g/mol. The van der Waals surface area contributed by atoms with Crippen molar-refractivity contribution in [1.82, 2.24) is 9.78 Å². The van der Waals surface area contributed by atoms with Crippen LogP contribution in [0.4, 0.5) is 5.82 Å². The smallest absolute Gasteiger partial charge is 0.147 e. The van der Waals surface area contributed by atoms with Gasteiger partial charge in [-0.3, -0.25) is 4.68 Å². The maximum atomic E-state index is 4.46. The number of nitrogens with one attached hydrogen (secondary N) is 1. The number of anilines is 1. The molecule has 0 aliphatic rings. The molecule has 3 heteroatoms. The van der Waals surface area contributed by atoms with E-state index in [-0.39, 0.29) is 0 Å². The van der Waals surface area contributed by atoms with Crippen molar-refractivity contribution >= 4 is 5.82 Å². The first-order chi connectivity index (χ1) is 6.77. The third-order valence-electron chi connectivity index (χ3n) is 2.49. The van der Waals surface area contributed by atoms with E-state index in [9.17, 15) is 0 Å². The van der Waals surface area contributed by atoms with Crippen LogP contribution in [-0.2, 0) is 0 Å². The highest BCUT2D eigenvalue weighted by molar-refractivity contribution is 5.31. The molecule has 0 radical (unpaired) electrons. The van der Waals surface area contributed by atoms with Crippen molar-refractivity contribution in [3.8, 4) is 0 Å². The molecule has 1 rings (SSSR count). The molecule has 0 aromatic carbocycles. The third-order valence-corrected chi connectivity index (χ3v) is 2.49. The van der Waals surface area contributed by atoms with Crippen molar-refractivity contribution in [3.63, 3.8) is 0 Å². The highest BCUT2D eigenvalue weighted by Gasteiger charge is 2.03. The molecule has 0 bridgehead atoms. The molecule has 0 saturated heterocycles. The normalized spacial score (nSPS) is 12.8. The molecule has 80 valence electrons. The fourth-order valence-corrected chi connectivity index (χ4v) is 1.26. The molecule has 0 aliphatic carbocycles. The second-order valence-electron chi connectivity index (χ2n) is 3.72. The maximum absolute atomic E-state index is 4.46. The van der Waals surface area contributed by atoms with E-state index in [4.69, 9.17) is 0 Å². The fraction of sp³-hybridized carbons (Fsp3) is 0.727. The van der Waals surface area contributed by atoms with Crippen molar-refractivity contribution in [3.05, 3.63) is 12.3 Å². The number of aromatic nitrogens is 2. The SMILES string of the molecule is CCCCNc1ccn([C@H](C)CC)n1. The van der Waals surface area contributed by atoms with Gasteiger partial charge >= 0.3 is 0 Å². The minimum atomic E-state index is 0.497. The first kappa shape index (κ1) is 11.1. The molecule has 1 N–H and O–H groups in total. The van der Waals surface area contributed by atoms with Gasteiger partial charge in [0.1, 0.15) is 5.82 Å². The molecule has 0 saturated carbocycles. The molecule has 0 unspecified atom stereocenters. The van der Waals surface area contributed by atoms with Crippen LogP contribution in [0.15, 0.2) is 12.3 Å². The lowest BCUT2D eigenvalue weighted by Crippen LogP contribution is -2.06. The van der Waals surface area contributed by atoms with Crippen LogP contribution in [-0.4, -0.2) is 16.3 Å². The number of rotatable bonds is 6. The molecule has 3 nitrogen and oxygen atoms in total. The number of hydrogen-bond donors (Lipinski definition) is 1. The van der Waals surface area contributed by atoms with E-state index in [2.05, 4.69) is 31.2 Å². The van der Waals surface area contributed by atoms with E-state index < -0.39 is 0 Å². The zero-order valence-corrected chi connectivity index (χ0v) is 9.45. The van der Waals surface area contributed by atoms with E-state index >= 15 is 0 Å². The van der Waals surface area contributed by atoms with Gasteiger partial charge in [0.25, 0.3) is 0 Å². The summed E-state index contributed by atoms with van der Waals surface area (Å²) in [7, 11) is 0. The molecule has 0 aliphatic heterocycles. The van der Waals surface area contributed by atoms with E-state index in [0.29, 0.717) is 6.04 Å². The zero-order chi connectivity index (χ0) is 10.4. The van der Waals surface area contributed by atoms with Crippen molar-refractivity contribution in [1.29, 1.82) is 0 Å². The largest absolute Gasteiger partial charge is 0.369 e. The topological polar surface area (TPSA) is 29.9 Å². The van der Waals surface area contributed by atoms with Crippen molar-refractivity contribution in [2.45, 2.75) is 46.1 Å². The molecule has 1 aromatic heterocycles. The summed E-state index contributed by atoms with van der Waals surface area (Å²) in [6.45, 7) is 7.58. The van der Waals surface area contributed by atoms with Crippen LogP contribution in [0.1, 0.15) is 46.1 Å². The molecular formula is C11H21N3. The Morgan fingerprint density at radius 1 is 1.50 bits per heavy atom. The molecule has 1 heterocycles. The summed E-state index contributed by atoms with van der Waals surface area (Å²) in [5.74, 6) is 0.999. The fourth-order valence-electron chi connectivity index (χ4n) is 1.26. The summed E-state index contributed by atoms with van der Waals surface area (Å²) < 4.78 is 2.02. The first-order valence-corrected chi connectivity index (χ1v) is 5.57. The quantitative estimate of drug-likeness (QED) is 0.707. The van der Waals surface area contributed by atoms with Crippen LogP contribution in [0.25, 0.3) is 0 Å². The highest BCUT2D eigenvalue weighted by atomic mass is 15.3. The lowest BCUT2D eigenvalue weighted by molar-refractivity contribution is 0.479. The Bertz CT molecular complexity index is 255. The van der Waals surface area contributed by atoms with Crippen LogP contribution in [0.3, 0.4) is 0 Å². The Balaban J connectivity index is 2.42. The summed E-state index contributed by atoms with van der Waals surface area (Å²) in [6.07, 6.45) is 5.59. The van der Waals surface area contributed by atoms with Gasteiger partial charge in [0, 0.05) is 24.8 Å². The van der Waals surface area contributed by atoms with Gasteiger partial charge in [0.05, 0.1) is 0 Å². The van der Waals surface area contributed by atoms with Gasteiger partial charge in [-0.15, -0.1) is 0 Å². The van der Waals surface area contributed by atoms with Gasteiger partial charge in [-0.05, 0) is 19.8 Å².